The Kier molecular flexibility index (Phi) is 1.90. The second-order valence-electron chi connectivity index (χ2n) is 4.46. The lowest BCUT2D eigenvalue weighted by atomic mass is 9.77. The first-order valence-corrected chi connectivity index (χ1v) is 4.95. The van der Waals surface area contributed by atoms with Crippen molar-refractivity contribution in [2.45, 2.75) is 20.3 Å². The van der Waals surface area contributed by atoms with E-state index >= 15 is 0 Å². The van der Waals surface area contributed by atoms with Gasteiger partial charge in [0.05, 0.1) is 0 Å². The summed E-state index contributed by atoms with van der Waals surface area (Å²) < 4.78 is 0. The van der Waals surface area contributed by atoms with Crippen molar-refractivity contribution >= 4 is 5.78 Å². The van der Waals surface area contributed by atoms with Gasteiger partial charge in [0.25, 0.3) is 0 Å². The summed E-state index contributed by atoms with van der Waals surface area (Å²) in [6.07, 6.45) is 5.65. The van der Waals surface area contributed by atoms with Crippen molar-refractivity contribution < 1.29 is 4.79 Å². The van der Waals surface area contributed by atoms with Crippen LogP contribution in [-0.4, -0.2) is 5.78 Å². The fourth-order valence-corrected chi connectivity index (χ4v) is 3.05. The van der Waals surface area contributed by atoms with Crippen LogP contribution in [0.5, 0.6) is 0 Å². The number of hydrogen-bond donors (Lipinski definition) is 0. The number of rotatable bonds is 2. The SMILES string of the molecule is C=C(C)[C@H]1C2C=CC(C2)[C@@H]1C(C)=O. The molecule has 0 saturated heterocycles. The Balaban J connectivity index is 2.30. The van der Waals surface area contributed by atoms with E-state index in [1.54, 1.807) is 6.92 Å². The number of allylic oxidation sites excluding steroid dienone is 3. The van der Waals surface area contributed by atoms with E-state index in [-0.39, 0.29) is 5.92 Å². The van der Waals surface area contributed by atoms with Gasteiger partial charge in [-0.3, -0.25) is 4.79 Å². The van der Waals surface area contributed by atoms with Gasteiger partial charge in [-0.15, -0.1) is 0 Å². The molecule has 1 heteroatoms. The molecule has 2 aliphatic carbocycles. The number of ketones is 1. The molecule has 0 N–H and O–H groups in total. The molecular weight excluding hydrogens is 160 g/mol. The number of fused-ring (bicyclic) bond motifs is 2. The van der Waals surface area contributed by atoms with E-state index in [0.29, 0.717) is 23.5 Å². The molecule has 2 unspecified atom stereocenters. The minimum Gasteiger partial charge on any atom is -0.300 e. The van der Waals surface area contributed by atoms with Crippen LogP contribution in [0.4, 0.5) is 0 Å². The van der Waals surface area contributed by atoms with Gasteiger partial charge in [-0.05, 0) is 38.0 Å². The molecule has 1 saturated carbocycles. The maximum atomic E-state index is 11.5. The molecule has 0 aromatic rings. The third kappa shape index (κ3) is 1.18. The predicted molar refractivity (Wildman–Crippen MR) is 53.2 cm³/mol. The van der Waals surface area contributed by atoms with Crippen molar-refractivity contribution in [3.8, 4) is 0 Å². The van der Waals surface area contributed by atoms with Crippen LogP contribution in [0, 0.1) is 23.7 Å². The third-order valence-corrected chi connectivity index (χ3v) is 3.50. The lowest BCUT2D eigenvalue weighted by Crippen LogP contribution is -2.26. The number of Topliss-reactive ketones (excluding diaryl/α,β-unsaturated/α-hetero) is 1. The van der Waals surface area contributed by atoms with E-state index in [1.807, 2.05) is 0 Å². The molecule has 0 radical (unpaired) electrons. The summed E-state index contributed by atoms with van der Waals surface area (Å²) in [5.74, 6) is 2.09. The largest absolute Gasteiger partial charge is 0.300 e. The molecule has 1 nitrogen and oxygen atoms in total. The van der Waals surface area contributed by atoms with Crippen LogP contribution in [0.25, 0.3) is 0 Å². The molecule has 0 heterocycles. The van der Waals surface area contributed by atoms with Gasteiger partial charge < -0.3 is 0 Å². The van der Waals surface area contributed by atoms with Gasteiger partial charge in [-0.2, -0.15) is 0 Å². The lowest BCUT2D eigenvalue weighted by Gasteiger charge is -2.26. The number of hydrogen-bond acceptors (Lipinski definition) is 1. The summed E-state index contributed by atoms with van der Waals surface area (Å²) in [5.41, 5.74) is 1.18. The molecule has 0 spiro atoms. The maximum Gasteiger partial charge on any atom is 0.134 e. The summed E-state index contributed by atoms with van der Waals surface area (Å²) in [4.78, 5) is 11.5. The highest BCUT2D eigenvalue weighted by molar-refractivity contribution is 5.80. The Morgan fingerprint density at radius 2 is 1.77 bits per heavy atom. The molecular formula is C12H16O. The molecule has 2 rings (SSSR count). The van der Waals surface area contributed by atoms with Crippen LogP contribution in [0.3, 0.4) is 0 Å². The van der Waals surface area contributed by atoms with Gasteiger partial charge >= 0.3 is 0 Å². The number of carbonyl (C=O) groups excluding carboxylic acids is 1. The average molecular weight is 176 g/mol. The normalized spacial score (nSPS) is 41.1. The van der Waals surface area contributed by atoms with Crippen molar-refractivity contribution in [1.82, 2.24) is 0 Å². The van der Waals surface area contributed by atoms with E-state index in [0.717, 1.165) is 0 Å². The molecule has 70 valence electrons. The highest BCUT2D eigenvalue weighted by Gasteiger charge is 2.46. The van der Waals surface area contributed by atoms with E-state index in [9.17, 15) is 4.79 Å². The molecule has 1 fully saturated rings. The lowest BCUT2D eigenvalue weighted by molar-refractivity contribution is -0.122. The second-order valence-corrected chi connectivity index (χ2v) is 4.46. The van der Waals surface area contributed by atoms with Crippen LogP contribution in [0.15, 0.2) is 24.3 Å². The Morgan fingerprint density at radius 3 is 2.15 bits per heavy atom. The Bertz CT molecular complexity index is 259. The van der Waals surface area contributed by atoms with Crippen LogP contribution < -0.4 is 0 Å². The summed E-state index contributed by atoms with van der Waals surface area (Å²) in [7, 11) is 0. The smallest absolute Gasteiger partial charge is 0.134 e. The van der Waals surface area contributed by atoms with Crippen molar-refractivity contribution in [2.75, 3.05) is 0 Å². The molecule has 0 aliphatic heterocycles. The zero-order valence-corrected chi connectivity index (χ0v) is 8.29. The fourth-order valence-electron chi connectivity index (χ4n) is 3.05. The van der Waals surface area contributed by atoms with Crippen molar-refractivity contribution in [3.63, 3.8) is 0 Å². The van der Waals surface area contributed by atoms with Gasteiger partial charge in [-0.25, -0.2) is 0 Å². The van der Waals surface area contributed by atoms with E-state index in [2.05, 4.69) is 25.7 Å². The van der Waals surface area contributed by atoms with Crippen molar-refractivity contribution in [3.05, 3.63) is 24.3 Å². The summed E-state index contributed by atoms with van der Waals surface area (Å²) >= 11 is 0. The van der Waals surface area contributed by atoms with Gasteiger partial charge in [0, 0.05) is 5.92 Å². The third-order valence-electron chi connectivity index (χ3n) is 3.50. The van der Waals surface area contributed by atoms with Crippen LogP contribution >= 0.6 is 0 Å². The van der Waals surface area contributed by atoms with Gasteiger partial charge in [0.15, 0.2) is 0 Å². The first-order chi connectivity index (χ1) is 6.11. The van der Waals surface area contributed by atoms with Crippen molar-refractivity contribution in [1.29, 1.82) is 0 Å². The Labute approximate surface area is 79.5 Å². The second kappa shape index (κ2) is 2.83. The minimum atomic E-state index is 0.229. The van der Waals surface area contributed by atoms with E-state index in [1.165, 1.54) is 12.0 Å². The Morgan fingerprint density at radius 1 is 1.23 bits per heavy atom. The molecule has 4 atom stereocenters. The zero-order chi connectivity index (χ0) is 9.59. The standard InChI is InChI=1S/C12H16O/c1-7(2)11-9-4-5-10(6-9)12(11)8(3)13/h4-5,9-12H,1,6H2,2-3H3/t9?,10?,11-,12-/m0/s1. The minimum absolute atomic E-state index is 0.229. The first kappa shape index (κ1) is 8.74. The van der Waals surface area contributed by atoms with Crippen LogP contribution in [0.2, 0.25) is 0 Å². The van der Waals surface area contributed by atoms with Gasteiger partial charge in [-0.1, -0.05) is 24.3 Å². The molecule has 13 heavy (non-hydrogen) atoms. The molecule has 0 aromatic heterocycles. The maximum absolute atomic E-state index is 11.5. The van der Waals surface area contributed by atoms with Crippen LogP contribution in [-0.2, 0) is 4.79 Å². The highest BCUT2D eigenvalue weighted by atomic mass is 16.1. The zero-order valence-electron chi connectivity index (χ0n) is 8.29. The predicted octanol–water partition coefficient (Wildman–Crippen LogP) is 2.59. The van der Waals surface area contributed by atoms with Crippen LogP contribution in [0.1, 0.15) is 20.3 Å². The molecule has 2 aliphatic rings. The highest BCUT2D eigenvalue weighted by Crippen LogP contribution is 2.50. The van der Waals surface area contributed by atoms with Crippen molar-refractivity contribution in [2.24, 2.45) is 23.7 Å². The Hall–Kier alpha value is -0.850. The summed E-state index contributed by atoms with van der Waals surface area (Å²) in [5, 5.41) is 0. The quantitative estimate of drug-likeness (QED) is 0.591. The summed E-state index contributed by atoms with van der Waals surface area (Å²) in [6, 6.07) is 0. The van der Waals surface area contributed by atoms with E-state index < -0.39 is 0 Å². The summed E-state index contributed by atoms with van der Waals surface area (Å²) in [6.45, 7) is 7.77. The van der Waals surface area contributed by atoms with Gasteiger partial charge in [0.1, 0.15) is 5.78 Å². The van der Waals surface area contributed by atoms with E-state index in [4.69, 9.17) is 0 Å². The topological polar surface area (TPSA) is 17.1 Å². The first-order valence-electron chi connectivity index (χ1n) is 4.95. The average Bonchev–Trinajstić information content (AvgIpc) is 2.60. The van der Waals surface area contributed by atoms with Gasteiger partial charge in [0.2, 0.25) is 0 Å². The molecule has 2 bridgehead atoms. The molecule has 0 amide bonds. The monoisotopic (exact) mass is 176 g/mol. The fraction of sp³-hybridized carbons (Fsp3) is 0.583. The number of carbonyl (C=O) groups is 1. The molecule has 0 aromatic carbocycles.